The Bertz CT molecular complexity index is 781. The first kappa shape index (κ1) is 20.0. The summed E-state index contributed by atoms with van der Waals surface area (Å²) in [4.78, 5) is 34.1. The molecule has 0 aliphatic carbocycles. The second-order valence-electron chi connectivity index (χ2n) is 5.79. The lowest BCUT2D eigenvalue weighted by molar-refractivity contribution is -0.148. The number of nitrogens with one attached hydrogen (secondary N) is 2. The predicted octanol–water partition coefficient (Wildman–Crippen LogP) is 0.476. The third-order valence-corrected chi connectivity index (χ3v) is 3.71. The van der Waals surface area contributed by atoms with E-state index in [0.717, 1.165) is 0 Å². The molecule has 0 aliphatic rings. The zero-order valence-electron chi connectivity index (χ0n) is 15.2. The number of rotatable bonds is 10. The SMILES string of the molecule is CCOC(CC(CO)Cn1cnc2c(=O)[nH]c(NC(C)=O)nc21)OCC. The van der Waals surface area contributed by atoms with Crippen molar-refractivity contribution >= 4 is 23.0 Å². The highest BCUT2D eigenvalue weighted by molar-refractivity contribution is 5.87. The smallest absolute Gasteiger partial charge is 0.280 e. The van der Waals surface area contributed by atoms with E-state index in [1.807, 2.05) is 13.8 Å². The number of hydrogen-bond donors (Lipinski definition) is 3. The lowest BCUT2D eigenvalue weighted by Gasteiger charge is -2.22. The summed E-state index contributed by atoms with van der Waals surface area (Å²) in [5.74, 6) is -0.470. The Morgan fingerprint density at radius 1 is 1.38 bits per heavy atom. The number of aromatic nitrogens is 4. The number of aromatic amines is 1. The van der Waals surface area contributed by atoms with E-state index in [1.165, 1.54) is 13.3 Å². The standard InChI is InChI=1S/C16H25N5O5/c1-4-25-12(26-5-2)6-11(8-22)7-21-9-17-13-14(21)19-16(18-10(3)23)20-15(13)24/h9,11-12,22H,4-8H2,1-3H3,(H2,18,19,20,23,24). The van der Waals surface area contributed by atoms with Gasteiger partial charge >= 0.3 is 0 Å². The molecule has 3 N–H and O–H groups in total. The number of amides is 1. The van der Waals surface area contributed by atoms with Crippen molar-refractivity contribution in [1.29, 1.82) is 0 Å². The van der Waals surface area contributed by atoms with Crippen LogP contribution in [0.2, 0.25) is 0 Å². The topological polar surface area (TPSA) is 131 Å². The normalized spacial score (nSPS) is 12.7. The van der Waals surface area contributed by atoms with Gasteiger partial charge in [0.1, 0.15) is 0 Å². The number of imidazole rings is 1. The largest absolute Gasteiger partial charge is 0.396 e. The average Bonchev–Trinajstić information content (AvgIpc) is 2.97. The number of fused-ring (bicyclic) bond motifs is 1. The molecule has 0 aliphatic heterocycles. The summed E-state index contributed by atoms with van der Waals surface area (Å²) < 4.78 is 12.7. The van der Waals surface area contributed by atoms with E-state index >= 15 is 0 Å². The fourth-order valence-electron chi connectivity index (χ4n) is 2.63. The Kier molecular flexibility index (Phi) is 7.25. The maximum absolute atomic E-state index is 12.1. The maximum atomic E-state index is 12.1. The number of H-pyrrole nitrogens is 1. The van der Waals surface area contributed by atoms with Crippen LogP contribution in [-0.2, 0) is 20.8 Å². The van der Waals surface area contributed by atoms with Crippen LogP contribution in [0.15, 0.2) is 11.1 Å². The highest BCUT2D eigenvalue weighted by Crippen LogP contribution is 2.16. The Morgan fingerprint density at radius 2 is 2.08 bits per heavy atom. The molecule has 0 fully saturated rings. The molecule has 10 heteroatoms. The zero-order chi connectivity index (χ0) is 19.1. The fourth-order valence-corrected chi connectivity index (χ4v) is 2.63. The van der Waals surface area contributed by atoms with Gasteiger partial charge in [-0.25, -0.2) is 4.98 Å². The molecule has 2 aromatic heterocycles. The highest BCUT2D eigenvalue weighted by atomic mass is 16.7. The summed E-state index contributed by atoms with van der Waals surface area (Å²) >= 11 is 0. The van der Waals surface area contributed by atoms with Gasteiger partial charge in [0.05, 0.1) is 6.33 Å². The van der Waals surface area contributed by atoms with Crippen LogP contribution in [0.4, 0.5) is 5.95 Å². The molecule has 0 spiro atoms. The van der Waals surface area contributed by atoms with Gasteiger partial charge in [0.15, 0.2) is 17.5 Å². The number of carbonyl (C=O) groups is 1. The van der Waals surface area contributed by atoms with Crippen molar-refractivity contribution < 1.29 is 19.4 Å². The highest BCUT2D eigenvalue weighted by Gasteiger charge is 2.19. The van der Waals surface area contributed by atoms with E-state index in [0.29, 0.717) is 31.8 Å². The molecule has 0 saturated carbocycles. The molecular weight excluding hydrogens is 342 g/mol. The Balaban J connectivity index is 2.23. The molecule has 0 radical (unpaired) electrons. The van der Waals surface area contributed by atoms with Gasteiger partial charge in [0.2, 0.25) is 11.9 Å². The van der Waals surface area contributed by atoms with Crippen LogP contribution in [0.3, 0.4) is 0 Å². The molecular formula is C16H25N5O5. The van der Waals surface area contributed by atoms with E-state index in [1.54, 1.807) is 4.57 Å². The molecule has 0 saturated heterocycles. The van der Waals surface area contributed by atoms with Crippen molar-refractivity contribution in [2.75, 3.05) is 25.1 Å². The minimum absolute atomic E-state index is 0.0545. The first-order chi connectivity index (χ1) is 12.5. The molecule has 2 aromatic rings. The van der Waals surface area contributed by atoms with E-state index in [2.05, 4.69) is 20.3 Å². The van der Waals surface area contributed by atoms with Gasteiger partial charge in [-0.05, 0) is 13.8 Å². The van der Waals surface area contributed by atoms with Crippen LogP contribution in [-0.4, -0.2) is 56.6 Å². The number of nitrogens with zero attached hydrogens (tertiary/aromatic N) is 3. The van der Waals surface area contributed by atoms with Gasteiger partial charge in [-0.3, -0.25) is 19.9 Å². The molecule has 0 aromatic carbocycles. The van der Waals surface area contributed by atoms with Crippen molar-refractivity contribution in [3.05, 3.63) is 16.7 Å². The lowest BCUT2D eigenvalue weighted by atomic mass is 10.1. The van der Waals surface area contributed by atoms with Gasteiger partial charge in [-0.1, -0.05) is 0 Å². The van der Waals surface area contributed by atoms with Gasteiger partial charge in [-0.2, -0.15) is 4.98 Å². The first-order valence-electron chi connectivity index (χ1n) is 8.55. The molecule has 1 unspecified atom stereocenters. The van der Waals surface area contributed by atoms with E-state index in [9.17, 15) is 14.7 Å². The number of aliphatic hydroxyl groups is 1. The quantitative estimate of drug-likeness (QED) is 0.520. The minimum Gasteiger partial charge on any atom is -0.396 e. The Hall–Kier alpha value is -2.30. The Morgan fingerprint density at radius 3 is 2.65 bits per heavy atom. The molecule has 0 bridgehead atoms. The van der Waals surface area contributed by atoms with Crippen LogP contribution in [0.1, 0.15) is 27.2 Å². The van der Waals surface area contributed by atoms with Gasteiger partial charge in [-0.15, -0.1) is 0 Å². The molecule has 1 atom stereocenters. The second kappa shape index (κ2) is 9.41. The van der Waals surface area contributed by atoms with Crippen LogP contribution in [0.25, 0.3) is 11.2 Å². The summed E-state index contributed by atoms with van der Waals surface area (Å²) in [5.41, 5.74) is 0.0573. The summed E-state index contributed by atoms with van der Waals surface area (Å²) in [6.45, 7) is 6.39. The number of ether oxygens (including phenoxy) is 2. The summed E-state index contributed by atoms with van der Waals surface area (Å²) in [6, 6.07) is 0. The Labute approximate surface area is 150 Å². The van der Waals surface area contributed by atoms with Crippen LogP contribution in [0, 0.1) is 5.92 Å². The van der Waals surface area contributed by atoms with Crippen molar-refractivity contribution in [1.82, 2.24) is 19.5 Å². The molecule has 2 rings (SSSR count). The number of carbonyl (C=O) groups excluding carboxylic acids is 1. The molecule has 144 valence electrons. The lowest BCUT2D eigenvalue weighted by Crippen LogP contribution is -2.26. The van der Waals surface area contributed by atoms with Crippen molar-refractivity contribution in [2.45, 2.75) is 40.0 Å². The maximum Gasteiger partial charge on any atom is 0.280 e. The molecule has 2 heterocycles. The van der Waals surface area contributed by atoms with E-state index in [4.69, 9.17) is 9.47 Å². The predicted molar refractivity (Wildman–Crippen MR) is 94.7 cm³/mol. The number of aliphatic hydroxyl groups excluding tert-OH is 1. The van der Waals surface area contributed by atoms with Gasteiger partial charge in [0.25, 0.3) is 5.56 Å². The van der Waals surface area contributed by atoms with E-state index in [-0.39, 0.29) is 29.9 Å². The molecule has 1 amide bonds. The molecule has 26 heavy (non-hydrogen) atoms. The van der Waals surface area contributed by atoms with Crippen LogP contribution < -0.4 is 10.9 Å². The monoisotopic (exact) mass is 367 g/mol. The third kappa shape index (κ3) is 5.10. The van der Waals surface area contributed by atoms with Gasteiger partial charge in [0, 0.05) is 45.6 Å². The van der Waals surface area contributed by atoms with Crippen molar-refractivity contribution in [3.8, 4) is 0 Å². The fraction of sp³-hybridized carbons (Fsp3) is 0.625. The summed E-state index contributed by atoms with van der Waals surface area (Å²) in [5, 5.41) is 12.2. The van der Waals surface area contributed by atoms with Crippen molar-refractivity contribution in [3.63, 3.8) is 0 Å². The van der Waals surface area contributed by atoms with Crippen LogP contribution >= 0.6 is 0 Å². The molecule has 10 nitrogen and oxygen atoms in total. The minimum atomic E-state index is -0.445. The van der Waals surface area contributed by atoms with E-state index < -0.39 is 11.8 Å². The first-order valence-corrected chi connectivity index (χ1v) is 8.55. The summed E-state index contributed by atoms with van der Waals surface area (Å²) in [6.07, 6.45) is 1.56. The summed E-state index contributed by atoms with van der Waals surface area (Å²) in [7, 11) is 0. The third-order valence-electron chi connectivity index (χ3n) is 3.71. The van der Waals surface area contributed by atoms with Gasteiger partial charge < -0.3 is 19.1 Å². The zero-order valence-corrected chi connectivity index (χ0v) is 15.2. The van der Waals surface area contributed by atoms with Crippen LogP contribution in [0.5, 0.6) is 0 Å². The average molecular weight is 367 g/mol. The number of hydrogen-bond acceptors (Lipinski definition) is 7. The van der Waals surface area contributed by atoms with Crippen molar-refractivity contribution in [2.24, 2.45) is 5.92 Å². The second-order valence-corrected chi connectivity index (χ2v) is 5.79. The number of anilines is 1.